The molecule has 0 aliphatic carbocycles. The summed E-state index contributed by atoms with van der Waals surface area (Å²) in [5.41, 5.74) is 0.349. The van der Waals surface area contributed by atoms with Gasteiger partial charge >= 0.3 is 0 Å². The van der Waals surface area contributed by atoms with Gasteiger partial charge in [0.2, 0.25) is 10.0 Å². The summed E-state index contributed by atoms with van der Waals surface area (Å²) in [5, 5.41) is 2.93. The number of amides is 1. The highest BCUT2D eigenvalue weighted by atomic mass is 32.2. The second-order valence-corrected chi connectivity index (χ2v) is 9.13. The first kappa shape index (κ1) is 20.9. The summed E-state index contributed by atoms with van der Waals surface area (Å²) in [7, 11) is -3.66. The standard InChI is InChI=1S/C19H30N2O4S/c1-14(2)9-10-15(3)21-19(22)16-6-4-8-18(12-16)26(23,24)20-13-17-7-5-11-25-17/h4,6,8,12,14-15,17,20H,5,7,9-11,13H2,1-3H3,(H,21,22). The van der Waals surface area contributed by atoms with E-state index in [1.54, 1.807) is 12.1 Å². The van der Waals surface area contributed by atoms with Crippen molar-refractivity contribution in [3.05, 3.63) is 29.8 Å². The maximum atomic E-state index is 12.5. The van der Waals surface area contributed by atoms with E-state index in [9.17, 15) is 13.2 Å². The molecule has 1 amide bonds. The van der Waals surface area contributed by atoms with Crippen LogP contribution >= 0.6 is 0 Å². The smallest absolute Gasteiger partial charge is 0.251 e. The highest BCUT2D eigenvalue weighted by Gasteiger charge is 2.21. The molecule has 0 saturated carbocycles. The molecule has 26 heavy (non-hydrogen) atoms. The lowest BCUT2D eigenvalue weighted by Crippen LogP contribution is -2.33. The Bertz CT molecular complexity index is 697. The zero-order chi connectivity index (χ0) is 19.2. The van der Waals surface area contributed by atoms with Crippen LogP contribution in [0.5, 0.6) is 0 Å². The number of rotatable bonds is 9. The Morgan fingerprint density at radius 3 is 2.69 bits per heavy atom. The van der Waals surface area contributed by atoms with Crippen LogP contribution in [0, 0.1) is 5.92 Å². The molecule has 0 bridgehead atoms. The molecule has 1 fully saturated rings. The van der Waals surface area contributed by atoms with Gasteiger partial charge in [0.25, 0.3) is 5.91 Å². The monoisotopic (exact) mass is 382 g/mol. The molecular weight excluding hydrogens is 352 g/mol. The molecule has 7 heteroatoms. The van der Waals surface area contributed by atoms with Crippen LogP contribution in [-0.4, -0.2) is 39.6 Å². The predicted octanol–water partition coefficient (Wildman–Crippen LogP) is 2.70. The Kier molecular flexibility index (Phi) is 7.61. The highest BCUT2D eigenvalue weighted by molar-refractivity contribution is 7.89. The Balaban J connectivity index is 1.98. The SMILES string of the molecule is CC(C)CCC(C)NC(=O)c1cccc(S(=O)(=O)NCC2CCCO2)c1. The van der Waals surface area contributed by atoms with Gasteiger partial charge in [0.1, 0.15) is 0 Å². The number of sulfonamides is 1. The van der Waals surface area contributed by atoms with Crippen LogP contribution in [0.25, 0.3) is 0 Å². The summed E-state index contributed by atoms with van der Waals surface area (Å²) in [4.78, 5) is 12.5. The van der Waals surface area contributed by atoms with E-state index in [0.717, 1.165) is 25.7 Å². The maximum Gasteiger partial charge on any atom is 0.251 e. The fourth-order valence-electron chi connectivity index (χ4n) is 2.86. The van der Waals surface area contributed by atoms with Crippen LogP contribution in [-0.2, 0) is 14.8 Å². The molecule has 0 radical (unpaired) electrons. The maximum absolute atomic E-state index is 12.5. The van der Waals surface area contributed by atoms with E-state index in [4.69, 9.17) is 4.74 Å². The van der Waals surface area contributed by atoms with Crippen LogP contribution in [0.15, 0.2) is 29.2 Å². The molecule has 1 saturated heterocycles. The van der Waals surface area contributed by atoms with Gasteiger partial charge in [0.05, 0.1) is 11.0 Å². The fourth-order valence-corrected chi connectivity index (χ4v) is 3.97. The van der Waals surface area contributed by atoms with Crippen LogP contribution in [0.1, 0.15) is 56.8 Å². The van der Waals surface area contributed by atoms with Crippen molar-refractivity contribution in [2.75, 3.05) is 13.2 Å². The molecule has 2 N–H and O–H groups in total. The average molecular weight is 383 g/mol. The largest absolute Gasteiger partial charge is 0.377 e. The second kappa shape index (κ2) is 9.48. The van der Waals surface area contributed by atoms with Gasteiger partial charge in [-0.05, 0) is 56.7 Å². The number of ether oxygens (including phenoxy) is 1. The minimum Gasteiger partial charge on any atom is -0.377 e. The minimum atomic E-state index is -3.66. The van der Waals surface area contributed by atoms with Crippen molar-refractivity contribution in [1.29, 1.82) is 0 Å². The number of hydrogen-bond donors (Lipinski definition) is 2. The molecule has 1 aromatic rings. The lowest BCUT2D eigenvalue weighted by Gasteiger charge is -2.16. The van der Waals surface area contributed by atoms with E-state index in [1.165, 1.54) is 12.1 Å². The first-order chi connectivity index (χ1) is 12.3. The zero-order valence-corrected chi connectivity index (χ0v) is 16.6. The molecule has 1 heterocycles. The number of carbonyl (C=O) groups excluding carboxylic acids is 1. The molecule has 2 atom stereocenters. The van der Waals surface area contributed by atoms with Crippen LogP contribution < -0.4 is 10.0 Å². The minimum absolute atomic E-state index is 0.0443. The van der Waals surface area contributed by atoms with Gasteiger partial charge in [-0.15, -0.1) is 0 Å². The molecule has 1 aromatic carbocycles. The molecule has 6 nitrogen and oxygen atoms in total. The van der Waals surface area contributed by atoms with Gasteiger partial charge in [0, 0.05) is 24.8 Å². The van der Waals surface area contributed by atoms with Crippen molar-refractivity contribution >= 4 is 15.9 Å². The summed E-state index contributed by atoms with van der Waals surface area (Å²) >= 11 is 0. The van der Waals surface area contributed by atoms with E-state index < -0.39 is 10.0 Å². The quantitative estimate of drug-likeness (QED) is 0.688. The van der Waals surface area contributed by atoms with Crippen molar-refractivity contribution in [3.8, 4) is 0 Å². The highest BCUT2D eigenvalue weighted by Crippen LogP contribution is 2.15. The Morgan fingerprint density at radius 1 is 1.27 bits per heavy atom. The predicted molar refractivity (Wildman–Crippen MR) is 102 cm³/mol. The molecule has 2 unspecified atom stereocenters. The van der Waals surface area contributed by atoms with Crippen molar-refractivity contribution in [3.63, 3.8) is 0 Å². The van der Waals surface area contributed by atoms with Crippen LogP contribution in [0.3, 0.4) is 0 Å². The first-order valence-electron chi connectivity index (χ1n) is 9.30. The molecule has 1 aliphatic heterocycles. The van der Waals surface area contributed by atoms with E-state index >= 15 is 0 Å². The summed E-state index contributed by atoms with van der Waals surface area (Å²) in [6.45, 7) is 7.19. The summed E-state index contributed by atoms with van der Waals surface area (Å²) in [6, 6.07) is 6.18. The number of nitrogens with one attached hydrogen (secondary N) is 2. The first-order valence-corrected chi connectivity index (χ1v) is 10.8. The third-order valence-electron chi connectivity index (χ3n) is 4.49. The fraction of sp³-hybridized carbons (Fsp3) is 0.632. The van der Waals surface area contributed by atoms with E-state index in [2.05, 4.69) is 23.9 Å². The van der Waals surface area contributed by atoms with Gasteiger partial charge < -0.3 is 10.1 Å². The Hall–Kier alpha value is -1.44. The molecule has 0 spiro atoms. The number of benzene rings is 1. The average Bonchev–Trinajstić information content (AvgIpc) is 3.12. The third-order valence-corrected chi connectivity index (χ3v) is 5.91. The molecule has 146 valence electrons. The van der Waals surface area contributed by atoms with Crippen molar-refractivity contribution < 1.29 is 17.9 Å². The van der Waals surface area contributed by atoms with Gasteiger partial charge in [0.15, 0.2) is 0 Å². The van der Waals surface area contributed by atoms with Crippen molar-refractivity contribution in [1.82, 2.24) is 10.0 Å². The number of hydrogen-bond acceptors (Lipinski definition) is 4. The van der Waals surface area contributed by atoms with Crippen molar-refractivity contribution in [2.45, 2.75) is 63.5 Å². The Labute approximate surface area is 156 Å². The van der Waals surface area contributed by atoms with Gasteiger partial charge in [-0.2, -0.15) is 0 Å². The molecule has 1 aliphatic rings. The van der Waals surface area contributed by atoms with E-state index in [1.807, 2.05) is 6.92 Å². The zero-order valence-electron chi connectivity index (χ0n) is 15.8. The Morgan fingerprint density at radius 2 is 2.04 bits per heavy atom. The summed E-state index contributed by atoms with van der Waals surface area (Å²) in [5.74, 6) is 0.329. The van der Waals surface area contributed by atoms with Gasteiger partial charge in [-0.25, -0.2) is 13.1 Å². The molecular formula is C19H30N2O4S. The third kappa shape index (κ3) is 6.37. The van der Waals surface area contributed by atoms with Crippen LogP contribution in [0.2, 0.25) is 0 Å². The molecule has 2 rings (SSSR count). The lowest BCUT2D eigenvalue weighted by molar-refractivity contribution is 0.0937. The number of carbonyl (C=O) groups is 1. The van der Waals surface area contributed by atoms with E-state index in [-0.39, 0.29) is 29.5 Å². The summed E-state index contributed by atoms with van der Waals surface area (Å²) in [6.07, 6.45) is 3.67. The van der Waals surface area contributed by atoms with Crippen molar-refractivity contribution in [2.24, 2.45) is 5.92 Å². The summed E-state index contributed by atoms with van der Waals surface area (Å²) < 4.78 is 32.9. The van der Waals surface area contributed by atoms with Crippen LogP contribution in [0.4, 0.5) is 0 Å². The van der Waals surface area contributed by atoms with Gasteiger partial charge in [-0.1, -0.05) is 19.9 Å². The topological polar surface area (TPSA) is 84.5 Å². The second-order valence-electron chi connectivity index (χ2n) is 7.36. The van der Waals surface area contributed by atoms with Gasteiger partial charge in [-0.3, -0.25) is 4.79 Å². The normalized spacial score (nSPS) is 18.8. The molecule has 0 aromatic heterocycles. The lowest BCUT2D eigenvalue weighted by atomic mass is 10.0. The van der Waals surface area contributed by atoms with E-state index in [0.29, 0.717) is 18.1 Å².